The highest BCUT2D eigenvalue weighted by Gasteiger charge is 2.20. The van der Waals surface area contributed by atoms with Crippen molar-refractivity contribution in [2.24, 2.45) is 0 Å². The molecule has 2 aromatic rings. The van der Waals surface area contributed by atoms with Gasteiger partial charge < -0.3 is 9.84 Å². The molecule has 1 aliphatic heterocycles. The third kappa shape index (κ3) is 2.45. The zero-order chi connectivity index (χ0) is 12.4. The highest BCUT2D eigenvalue weighted by molar-refractivity contribution is 7.13. The number of aromatic nitrogens is 2. The van der Waals surface area contributed by atoms with Crippen molar-refractivity contribution in [3.8, 4) is 10.7 Å². The maximum atomic E-state index is 5.32. The highest BCUT2D eigenvalue weighted by atomic mass is 32.1. The molecule has 18 heavy (non-hydrogen) atoms. The van der Waals surface area contributed by atoms with Gasteiger partial charge in [0.1, 0.15) is 0 Å². The average molecular weight is 264 g/mol. The lowest BCUT2D eigenvalue weighted by Gasteiger charge is -2.32. The number of hydrogen-bond acceptors (Lipinski definition) is 6. The van der Waals surface area contributed by atoms with Crippen molar-refractivity contribution in [3.63, 3.8) is 0 Å². The lowest BCUT2D eigenvalue weighted by molar-refractivity contribution is 0.146. The topological polar surface area (TPSA) is 54.2 Å². The molecule has 0 unspecified atom stereocenters. The number of rotatable bonds is 3. The van der Waals surface area contributed by atoms with Gasteiger partial charge in [-0.2, -0.15) is 4.98 Å². The smallest absolute Gasteiger partial charge is 0.241 e. The first kappa shape index (κ1) is 11.8. The summed E-state index contributed by atoms with van der Waals surface area (Å²) in [5.74, 6) is 1.40. The van der Waals surface area contributed by atoms with Crippen LogP contribution in [-0.4, -0.2) is 40.7 Å². The average Bonchev–Trinajstić information content (AvgIpc) is 3.02. The van der Waals surface area contributed by atoms with Gasteiger partial charge in [-0.15, -0.1) is 11.3 Å². The van der Waals surface area contributed by atoms with Gasteiger partial charge in [0, 0.05) is 25.7 Å². The van der Waals surface area contributed by atoms with Gasteiger partial charge >= 0.3 is 0 Å². The molecular formula is C12H16N4OS. The van der Waals surface area contributed by atoms with E-state index in [0.29, 0.717) is 17.8 Å². The molecule has 1 fully saturated rings. The molecule has 5 nitrogen and oxygen atoms in total. The van der Waals surface area contributed by atoms with Crippen LogP contribution in [0.5, 0.6) is 0 Å². The summed E-state index contributed by atoms with van der Waals surface area (Å²) in [6.45, 7) is 6.02. The highest BCUT2D eigenvalue weighted by Crippen LogP contribution is 2.21. The predicted molar refractivity (Wildman–Crippen MR) is 70.4 cm³/mol. The van der Waals surface area contributed by atoms with Gasteiger partial charge in [0.15, 0.2) is 0 Å². The van der Waals surface area contributed by atoms with E-state index in [0.717, 1.165) is 31.1 Å². The van der Waals surface area contributed by atoms with E-state index >= 15 is 0 Å². The van der Waals surface area contributed by atoms with E-state index in [2.05, 4.69) is 27.3 Å². The fourth-order valence-electron chi connectivity index (χ4n) is 2.12. The number of nitrogens with zero attached hydrogens (tertiary/aromatic N) is 3. The van der Waals surface area contributed by atoms with Crippen molar-refractivity contribution in [1.29, 1.82) is 0 Å². The molecule has 1 atom stereocenters. The lowest BCUT2D eigenvalue weighted by Crippen LogP contribution is -2.49. The van der Waals surface area contributed by atoms with E-state index in [9.17, 15) is 0 Å². The minimum atomic E-state index is 0.510. The monoisotopic (exact) mass is 264 g/mol. The number of hydrogen-bond donors (Lipinski definition) is 1. The lowest BCUT2D eigenvalue weighted by atomic mass is 10.2. The van der Waals surface area contributed by atoms with Crippen LogP contribution in [0.1, 0.15) is 12.8 Å². The Balaban J connectivity index is 1.70. The van der Waals surface area contributed by atoms with Crippen molar-refractivity contribution in [3.05, 3.63) is 23.4 Å². The van der Waals surface area contributed by atoms with Crippen LogP contribution in [0.4, 0.5) is 0 Å². The van der Waals surface area contributed by atoms with Crippen molar-refractivity contribution < 1.29 is 4.52 Å². The molecule has 1 N–H and O–H groups in total. The molecule has 6 heteroatoms. The van der Waals surface area contributed by atoms with Gasteiger partial charge in [-0.1, -0.05) is 11.2 Å². The summed E-state index contributed by atoms with van der Waals surface area (Å²) in [4.78, 5) is 7.87. The molecule has 0 aliphatic carbocycles. The van der Waals surface area contributed by atoms with Crippen molar-refractivity contribution in [1.82, 2.24) is 20.4 Å². The zero-order valence-electron chi connectivity index (χ0n) is 10.3. The number of nitrogens with one attached hydrogen (secondary N) is 1. The summed E-state index contributed by atoms with van der Waals surface area (Å²) in [7, 11) is 0. The zero-order valence-corrected chi connectivity index (χ0v) is 11.1. The summed E-state index contributed by atoms with van der Waals surface area (Å²) >= 11 is 1.63. The second-order valence-electron chi connectivity index (χ2n) is 4.51. The molecule has 0 spiro atoms. The predicted octanol–water partition coefficient (Wildman–Crippen LogP) is 1.59. The Kier molecular flexibility index (Phi) is 3.40. The molecule has 2 aromatic heterocycles. The van der Waals surface area contributed by atoms with Crippen LogP contribution >= 0.6 is 11.3 Å². The molecule has 96 valence electrons. The Labute approximate surface area is 110 Å². The minimum Gasteiger partial charge on any atom is -0.338 e. The van der Waals surface area contributed by atoms with Crippen molar-refractivity contribution >= 4 is 11.3 Å². The molecule has 3 rings (SSSR count). The van der Waals surface area contributed by atoms with Gasteiger partial charge in [-0.05, 0) is 18.4 Å². The molecule has 0 bridgehead atoms. The van der Waals surface area contributed by atoms with Gasteiger partial charge in [-0.3, -0.25) is 4.90 Å². The first-order valence-electron chi connectivity index (χ1n) is 6.14. The van der Waals surface area contributed by atoms with Crippen LogP contribution in [0.15, 0.2) is 22.0 Å². The first-order valence-corrected chi connectivity index (χ1v) is 7.02. The normalized spacial score (nSPS) is 21.3. The Bertz CT molecular complexity index is 496. The standard InChI is InChI=1S/C12H16N4OS/c1-9-7-13-4-5-16(9)8-11-14-12(15-17-11)10-3-2-6-18-10/h2-3,6,9,13H,4-5,7-8H2,1H3/t9-/m0/s1. The molecule has 0 radical (unpaired) electrons. The summed E-state index contributed by atoms with van der Waals surface area (Å²) in [5.41, 5.74) is 0. The van der Waals surface area contributed by atoms with Gasteiger partial charge in [-0.25, -0.2) is 0 Å². The molecule has 0 saturated carbocycles. The van der Waals surface area contributed by atoms with E-state index in [1.54, 1.807) is 11.3 Å². The van der Waals surface area contributed by atoms with Crippen molar-refractivity contribution in [2.75, 3.05) is 19.6 Å². The quantitative estimate of drug-likeness (QED) is 0.912. The van der Waals surface area contributed by atoms with E-state index in [4.69, 9.17) is 4.52 Å². The first-order chi connectivity index (χ1) is 8.83. The largest absolute Gasteiger partial charge is 0.338 e. The molecule has 0 amide bonds. The fraction of sp³-hybridized carbons (Fsp3) is 0.500. The summed E-state index contributed by atoms with van der Waals surface area (Å²) in [6.07, 6.45) is 0. The molecule has 0 aromatic carbocycles. The van der Waals surface area contributed by atoms with E-state index in [1.807, 2.05) is 17.5 Å². The maximum Gasteiger partial charge on any atom is 0.241 e. The van der Waals surface area contributed by atoms with E-state index in [-0.39, 0.29) is 0 Å². The third-order valence-electron chi connectivity index (χ3n) is 3.19. The summed E-state index contributed by atoms with van der Waals surface area (Å²) in [6, 6.07) is 4.51. The second kappa shape index (κ2) is 5.17. The van der Waals surface area contributed by atoms with Crippen LogP contribution in [0.3, 0.4) is 0 Å². The Morgan fingerprint density at radius 1 is 1.61 bits per heavy atom. The van der Waals surface area contributed by atoms with Crippen LogP contribution in [0.2, 0.25) is 0 Å². The van der Waals surface area contributed by atoms with Gasteiger partial charge in [0.2, 0.25) is 11.7 Å². The Morgan fingerprint density at radius 2 is 2.56 bits per heavy atom. The Hall–Kier alpha value is -1.24. The Morgan fingerprint density at radius 3 is 3.33 bits per heavy atom. The molecule has 1 aliphatic rings. The van der Waals surface area contributed by atoms with Crippen LogP contribution < -0.4 is 5.32 Å². The van der Waals surface area contributed by atoms with Crippen molar-refractivity contribution in [2.45, 2.75) is 19.5 Å². The summed E-state index contributed by atoms with van der Waals surface area (Å²) in [5, 5.41) is 9.42. The fourth-order valence-corrected chi connectivity index (χ4v) is 2.77. The second-order valence-corrected chi connectivity index (χ2v) is 5.46. The minimum absolute atomic E-state index is 0.510. The number of thiophene rings is 1. The van der Waals surface area contributed by atoms with Gasteiger partial charge in [0.25, 0.3) is 0 Å². The van der Waals surface area contributed by atoms with Crippen LogP contribution in [0, 0.1) is 0 Å². The summed E-state index contributed by atoms with van der Waals surface area (Å²) < 4.78 is 5.32. The number of piperazine rings is 1. The third-order valence-corrected chi connectivity index (χ3v) is 4.05. The molecule has 3 heterocycles. The molecule has 1 saturated heterocycles. The molecular weight excluding hydrogens is 248 g/mol. The van der Waals surface area contributed by atoms with Crippen LogP contribution in [0.25, 0.3) is 10.7 Å². The van der Waals surface area contributed by atoms with E-state index in [1.165, 1.54) is 0 Å². The maximum absolute atomic E-state index is 5.32. The van der Waals surface area contributed by atoms with Crippen LogP contribution in [-0.2, 0) is 6.54 Å². The SMILES string of the molecule is C[C@H]1CNCCN1Cc1nc(-c2cccs2)no1. The van der Waals surface area contributed by atoms with Gasteiger partial charge in [0.05, 0.1) is 11.4 Å². The van der Waals surface area contributed by atoms with E-state index < -0.39 is 0 Å².